The van der Waals surface area contributed by atoms with Crippen LogP contribution < -0.4 is 10.6 Å². The second-order valence-electron chi connectivity index (χ2n) is 11.2. The first-order chi connectivity index (χ1) is 17.9. The Labute approximate surface area is 219 Å². The average Bonchev–Trinajstić information content (AvgIpc) is 3.52. The normalized spacial score (nSPS) is 30.7. The lowest BCUT2D eigenvalue weighted by atomic mass is 9.74. The van der Waals surface area contributed by atoms with E-state index in [0.717, 1.165) is 25.7 Å². The summed E-state index contributed by atoms with van der Waals surface area (Å²) in [6.07, 6.45) is 9.07. The van der Waals surface area contributed by atoms with Gasteiger partial charge in [-0.1, -0.05) is 57.4 Å². The molecule has 8 nitrogen and oxygen atoms in total. The molecule has 1 aromatic rings. The molecule has 3 aliphatic heterocycles. The van der Waals surface area contributed by atoms with Crippen molar-refractivity contribution in [2.75, 3.05) is 25.6 Å². The van der Waals surface area contributed by atoms with Crippen molar-refractivity contribution in [1.29, 1.82) is 0 Å². The summed E-state index contributed by atoms with van der Waals surface area (Å²) in [4.78, 5) is 42.8. The van der Waals surface area contributed by atoms with E-state index in [1.54, 1.807) is 12.0 Å². The van der Waals surface area contributed by atoms with Crippen molar-refractivity contribution in [3.8, 4) is 0 Å². The van der Waals surface area contributed by atoms with Gasteiger partial charge in [-0.3, -0.25) is 14.4 Å². The molecule has 3 amide bonds. The van der Waals surface area contributed by atoms with Crippen LogP contribution >= 0.6 is 0 Å². The Bertz CT molecular complexity index is 1050. The number of methoxy groups -OCH3 is 1. The third-order valence-corrected chi connectivity index (χ3v) is 8.47. The van der Waals surface area contributed by atoms with Gasteiger partial charge in [0, 0.05) is 32.0 Å². The lowest BCUT2D eigenvalue weighted by molar-refractivity contribution is -0.141. The van der Waals surface area contributed by atoms with E-state index in [1.165, 1.54) is 12.0 Å². The summed E-state index contributed by atoms with van der Waals surface area (Å²) in [5.74, 6) is -1.66. The van der Waals surface area contributed by atoms with Crippen molar-refractivity contribution in [2.24, 2.45) is 11.8 Å². The first-order valence-corrected chi connectivity index (χ1v) is 13.7. The summed E-state index contributed by atoms with van der Waals surface area (Å²) in [5, 5.41) is 6.21. The van der Waals surface area contributed by atoms with Crippen molar-refractivity contribution in [3.05, 3.63) is 42.0 Å². The molecular formula is C29H39N3O5. The predicted octanol–water partition coefficient (Wildman–Crippen LogP) is 3.38. The third-order valence-electron chi connectivity index (χ3n) is 8.47. The van der Waals surface area contributed by atoms with E-state index in [2.05, 4.69) is 24.5 Å². The van der Waals surface area contributed by atoms with Crippen molar-refractivity contribution >= 4 is 23.4 Å². The van der Waals surface area contributed by atoms with Gasteiger partial charge >= 0.3 is 0 Å². The number of hydrogen-bond donors (Lipinski definition) is 2. The zero-order valence-corrected chi connectivity index (χ0v) is 22.1. The van der Waals surface area contributed by atoms with E-state index in [0.29, 0.717) is 31.2 Å². The zero-order valence-electron chi connectivity index (χ0n) is 22.1. The van der Waals surface area contributed by atoms with Crippen molar-refractivity contribution in [2.45, 2.75) is 82.1 Å². The molecule has 1 spiro atoms. The second kappa shape index (κ2) is 10.6. The molecule has 2 bridgehead atoms. The summed E-state index contributed by atoms with van der Waals surface area (Å²) in [7, 11) is 1.62. The van der Waals surface area contributed by atoms with Gasteiger partial charge < -0.3 is 25.0 Å². The molecule has 8 heteroatoms. The van der Waals surface area contributed by atoms with Crippen molar-refractivity contribution < 1.29 is 23.9 Å². The van der Waals surface area contributed by atoms with Gasteiger partial charge in [-0.25, -0.2) is 0 Å². The highest BCUT2D eigenvalue weighted by Gasteiger charge is 2.72. The van der Waals surface area contributed by atoms with Crippen LogP contribution in [0.25, 0.3) is 0 Å². The average molecular weight is 510 g/mol. The SMILES string of the molecule is COCCCN1C(=O)[C@@H]2[C@H](C(=O)Nc3ccc(C(C)C)cc3)[C@@H]3C=C[C@@]2(O3)[C@@H]1C(=O)NC1CCCCC1. The third kappa shape index (κ3) is 4.70. The topological polar surface area (TPSA) is 97.0 Å². The monoisotopic (exact) mass is 509 g/mol. The van der Waals surface area contributed by atoms with E-state index >= 15 is 0 Å². The second-order valence-corrected chi connectivity index (χ2v) is 11.2. The van der Waals surface area contributed by atoms with Gasteiger partial charge in [0.25, 0.3) is 0 Å². The van der Waals surface area contributed by atoms with Crippen LogP contribution in [-0.4, -0.2) is 66.7 Å². The molecule has 2 N–H and O–H groups in total. The fourth-order valence-electron chi connectivity index (χ4n) is 6.59. The Balaban J connectivity index is 1.39. The number of amides is 3. The number of benzene rings is 1. The number of nitrogens with zero attached hydrogens (tertiary/aromatic N) is 1. The molecule has 2 saturated heterocycles. The molecule has 0 unspecified atom stereocenters. The van der Waals surface area contributed by atoms with Crippen LogP contribution in [0.15, 0.2) is 36.4 Å². The minimum Gasteiger partial charge on any atom is -0.385 e. The number of nitrogens with one attached hydrogen (secondary N) is 2. The van der Waals surface area contributed by atoms with Crippen molar-refractivity contribution in [3.63, 3.8) is 0 Å². The number of carbonyl (C=O) groups is 3. The van der Waals surface area contributed by atoms with Crippen LogP contribution in [0.5, 0.6) is 0 Å². The molecule has 0 aromatic heterocycles. The maximum Gasteiger partial charge on any atom is 0.246 e. The van der Waals surface area contributed by atoms with Crippen LogP contribution in [0.1, 0.15) is 63.9 Å². The molecule has 200 valence electrons. The molecule has 37 heavy (non-hydrogen) atoms. The number of anilines is 1. The molecule has 1 aliphatic carbocycles. The smallest absolute Gasteiger partial charge is 0.246 e. The van der Waals surface area contributed by atoms with Gasteiger partial charge in [0.05, 0.1) is 17.9 Å². The highest BCUT2D eigenvalue weighted by Crippen LogP contribution is 2.55. The molecular weight excluding hydrogens is 470 g/mol. The lowest BCUT2D eigenvalue weighted by Gasteiger charge is -2.34. The maximum atomic E-state index is 13.9. The van der Waals surface area contributed by atoms with Crippen molar-refractivity contribution in [1.82, 2.24) is 10.2 Å². The minimum atomic E-state index is -1.13. The van der Waals surface area contributed by atoms with Gasteiger partial charge in [-0.2, -0.15) is 0 Å². The number of rotatable bonds is 9. The highest BCUT2D eigenvalue weighted by atomic mass is 16.5. The summed E-state index contributed by atoms with van der Waals surface area (Å²) < 4.78 is 11.6. The maximum absolute atomic E-state index is 13.9. The van der Waals surface area contributed by atoms with Gasteiger partial charge in [0.2, 0.25) is 17.7 Å². The molecule has 4 aliphatic rings. The van der Waals surface area contributed by atoms with E-state index in [1.807, 2.05) is 36.4 Å². The number of hydrogen-bond acceptors (Lipinski definition) is 5. The number of likely N-dealkylation sites (tertiary alicyclic amines) is 1. The quantitative estimate of drug-likeness (QED) is 0.393. The Morgan fingerprint density at radius 3 is 2.54 bits per heavy atom. The van der Waals surface area contributed by atoms with Gasteiger partial charge in [0.1, 0.15) is 11.6 Å². The standard InChI is InChI=1S/C29H39N3O5/c1-18(2)19-10-12-21(13-11-19)30-26(33)23-22-14-15-29(37-22)24(23)28(35)32(16-7-17-36-3)25(29)27(34)31-20-8-5-4-6-9-20/h10-15,18,20,22-25H,4-9,16-17H2,1-3H3,(H,30,33)(H,31,34)/t22-,23+,24-,25-,29-/m0/s1. The minimum absolute atomic E-state index is 0.114. The molecule has 3 fully saturated rings. The lowest BCUT2D eigenvalue weighted by Crippen LogP contribution is -2.56. The van der Waals surface area contributed by atoms with E-state index in [9.17, 15) is 14.4 Å². The van der Waals surface area contributed by atoms with E-state index in [4.69, 9.17) is 9.47 Å². The highest BCUT2D eigenvalue weighted by molar-refractivity contribution is 6.02. The zero-order chi connectivity index (χ0) is 26.2. The predicted molar refractivity (Wildman–Crippen MR) is 140 cm³/mol. The summed E-state index contributed by atoms with van der Waals surface area (Å²) >= 11 is 0. The molecule has 3 heterocycles. The van der Waals surface area contributed by atoms with Crippen LogP contribution in [0.4, 0.5) is 5.69 Å². The summed E-state index contributed by atoms with van der Waals surface area (Å²) in [6.45, 7) is 5.10. The fraction of sp³-hybridized carbons (Fsp3) is 0.621. The molecule has 1 saturated carbocycles. The first-order valence-electron chi connectivity index (χ1n) is 13.7. The van der Waals surface area contributed by atoms with Gasteiger partial charge in [0.15, 0.2) is 0 Å². The molecule has 5 atom stereocenters. The molecule has 5 rings (SSSR count). The number of carbonyl (C=O) groups excluding carboxylic acids is 3. The Morgan fingerprint density at radius 2 is 1.86 bits per heavy atom. The number of ether oxygens (including phenoxy) is 2. The van der Waals surface area contributed by atoms with Crippen LogP contribution in [0.2, 0.25) is 0 Å². The Hall–Kier alpha value is -2.71. The van der Waals surface area contributed by atoms with Crippen LogP contribution in [0.3, 0.4) is 0 Å². The van der Waals surface area contributed by atoms with E-state index in [-0.39, 0.29) is 23.8 Å². The van der Waals surface area contributed by atoms with Crippen LogP contribution in [0, 0.1) is 11.8 Å². The molecule has 1 aromatic carbocycles. The van der Waals surface area contributed by atoms with Gasteiger partial charge in [-0.05, 0) is 42.9 Å². The Morgan fingerprint density at radius 1 is 1.14 bits per heavy atom. The fourth-order valence-corrected chi connectivity index (χ4v) is 6.59. The largest absolute Gasteiger partial charge is 0.385 e. The number of fused-ring (bicyclic) bond motifs is 1. The van der Waals surface area contributed by atoms with Gasteiger partial charge in [-0.15, -0.1) is 0 Å². The summed E-state index contributed by atoms with van der Waals surface area (Å²) in [6, 6.07) is 7.10. The Kier molecular flexibility index (Phi) is 7.41. The van der Waals surface area contributed by atoms with Crippen LogP contribution in [-0.2, 0) is 23.9 Å². The first kappa shape index (κ1) is 25.9. The summed E-state index contributed by atoms with van der Waals surface area (Å²) in [5.41, 5.74) is 0.744. The molecule has 0 radical (unpaired) electrons. The van der Waals surface area contributed by atoms with E-state index < -0.39 is 29.6 Å².